The molecule has 2 aromatic rings. The molecule has 0 aliphatic carbocycles. The van der Waals surface area contributed by atoms with E-state index in [1.54, 1.807) is 0 Å². The Balaban J connectivity index is 1.68. The van der Waals surface area contributed by atoms with Crippen molar-refractivity contribution in [3.05, 3.63) is 63.6 Å². The summed E-state index contributed by atoms with van der Waals surface area (Å²) in [6.45, 7) is 3.11. The van der Waals surface area contributed by atoms with Gasteiger partial charge in [-0.15, -0.1) is 0 Å². The number of nitrogens with zero attached hydrogens (tertiary/aromatic N) is 2. The molecule has 8 nitrogen and oxygen atoms in total. The Kier molecular flexibility index (Phi) is 4.64. The number of fused-ring (bicyclic) bond motifs is 2. The lowest BCUT2D eigenvalue weighted by Crippen LogP contribution is -2.55. The van der Waals surface area contributed by atoms with E-state index in [-0.39, 0.29) is 23.8 Å². The minimum absolute atomic E-state index is 0.0983. The molecule has 1 fully saturated rings. The van der Waals surface area contributed by atoms with Crippen LogP contribution in [0.2, 0.25) is 0 Å². The van der Waals surface area contributed by atoms with Gasteiger partial charge in [-0.1, -0.05) is 30.3 Å². The molecular weight excluding hydrogens is 362 g/mol. The number of rotatable bonds is 3. The highest BCUT2D eigenvalue weighted by Crippen LogP contribution is 2.33. The van der Waals surface area contributed by atoms with E-state index >= 15 is 0 Å². The Morgan fingerprint density at radius 1 is 1.29 bits per heavy atom. The molecule has 2 aliphatic rings. The predicted molar refractivity (Wildman–Crippen MR) is 100 cm³/mol. The average Bonchev–Trinajstić information content (AvgIpc) is 2.73. The Morgan fingerprint density at radius 3 is 2.79 bits per heavy atom. The Bertz CT molecular complexity index is 985. The zero-order chi connectivity index (χ0) is 19.8. The highest BCUT2D eigenvalue weighted by Gasteiger charge is 2.42. The van der Waals surface area contributed by atoms with Gasteiger partial charge in [0, 0.05) is 19.3 Å². The molecular formula is C20H21N3O5. The number of pyridine rings is 1. The van der Waals surface area contributed by atoms with E-state index in [4.69, 9.17) is 4.74 Å². The topological polar surface area (TPSA) is 101 Å². The first-order valence-electron chi connectivity index (χ1n) is 9.22. The van der Waals surface area contributed by atoms with E-state index in [9.17, 15) is 19.5 Å². The van der Waals surface area contributed by atoms with Gasteiger partial charge in [-0.2, -0.15) is 0 Å². The van der Waals surface area contributed by atoms with Gasteiger partial charge >= 0.3 is 0 Å². The molecule has 0 saturated carbocycles. The zero-order valence-corrected chi connectivity index (χ0v) is 15.4. The normalized spacial score (nSPS) is 21.0. The van der Waals surface area contributed by atoms with Crippen molar-refractivity contribution in [1.29, 1.82) is 0 Å². The average molecular weight is 383 g/mol. The number of amides is 2. The Hall–Kier alpha value is -3.13. The molecule has 2 amide bonds. The zero-order valence-electron chi connectivity index (χ0n) is 15.4. The molecule has 0 radical (unpaired) electrons. The van der Waals surface area contributed by atoms with Gasteiger partial charge in [-0.05, 0) is 18.9 Å². The van der Waals surface area contributed by atoms with Crippen LogP contribution in [0.15, 0.2) is 41.3 Å². The molecule has 1 saturated heterocycles. The summed E-state index contributed by atoms with van der Waals surface area (Å²) in [6, 6.07) is 8.93. The lowest BCUT2D eigenvalue weighted by atomic mass is 10.1. The standard InChI is InChI=1S/C20H21N3O5/c1-12-20-22(8-5-9-28-20)19(27)15-17(25)16(24)14(11-23(12)15)18(26)21-10-13-6-3-2-4-7-13/h2-4,6-7,11-12,20,25H,5,8-10H2,1H3,(H,21,26). The summed E-state index contributed by atoms with van der Waals surface area (Å²) in [5, 5.41) is 13.1. The molecule has 0 spiro atoms. The summed E-state index contributed by atoms with van der Waals surface area (Å²) in [5.41, 5.74) is -0.276. The third-order valence-corrected chi connectivity index (χ3v) is 5.20. The smallest absolute Gasteiger partial charge is 0.276 e. The number of hydrogen-bond acceptors (Lipinski definition) is 5. The second-order valence-electron chi connectivity index (χ2n) is 7.00. The van der Waals surface area contributed by atoms with Crippen molar-refractivity contribution in [2.75, 3.05) is 13.2 Å². The fourth-order valence-electron chi connectivity index (χ4n) is 3.73. The third-order valence-electron chi connectivity index (χ3n) is 5.20. The fourth-order valence-corrected chi connectivity index (χ4v) is 3.73. The molecule has 1 aromatic heterocycles. The maximum absolute atomic E-state index is 12.8. The number of carbonyl (C=O) groups excluding carboxylic acids is 2. The van der Waals surface area contributed by atoms with Crippen molar-refractivity contribution in [2.24, 2.45) is 0 Å². The van der Waals surface area contributed by atoms with Crippen LogP contribution >= 0.6 is 0 Å². The molecule has 4 rings (SSSR count). The van der Waals surface area contributed by atoms with Crippen LogP contribution in [0.4, 0.5) is 0 Å². The van der Waals surface area contributed by atoms with E-state index in [2.05, 4.69) is 5.32 Å². The lowest BCUT2D eigenvalue weighted by Gasteiger charge is -2.44. The number of benzene rings is 1. The first-order valence-corrected chi connectivity index (χ1v) is 9.22. The van der Waals surface area contributed by atoms with E-state index in [0.717, 1.165) is 5.56 Å². The molecule has 28 heavy (non-hydrogen) atoms. The monoisotopic (exact) mass is 383 g/mol. The van der Waals surface area contributed by atoms with Crippen LogP contribution in [-0.2, 0) is 11.3 Å². The minimum atomic E-state index is -0.853. The molecule has 3 heterocycles. The first kappa shape index (κ1) is 18.2. The first-order chi connectivity index (χ1) is 13.5. The van der Waals surface area contributed by atoms with Gasteiger partial charge < -0.3 is 24.6 Å². The van der Waals surface area contributed by atoms with E-state index in [1.807, 2.05) is 37.3 Å². The van der Waals surface area contributed by atoms with Crippen molar-refractivity contribution < 1.29 is 19.4 Å². The second-order valence-corrected chi connectivity index (χ2v) is 7.00. The van der Waals surface area contributed by atoms with Crippen LogP contribution in [-0.4, -0.2) is 45.8 Å². The van der Waals surface area contributed by atoms with E-state index < -0.39 is 29.2 Å². The van der Waals surface area contributed by atoms with Crippen molar-refractivity contribution in [3.63, 3.8) is 0 Å². The Labute approximate surface area is 161 Å². The summed E-state index contributed by atoms with van der Waals surface area (Å²) in [4.78, 5) is 39.5. The molecule has 0 bridgehead atoms. The summed E-state index contributed by atoms with van der Waals surface area (Å²) >= 11 is 0. The number of aromatic hydroxyl groups is 1. The highest BCUT2D eigenvalue weighted by atomic mass is 16.5. The fraction of sp³-hybridized carbons (Fsp3) is 0.350. The number of carbonyl (C=O) groups is 2. The highest BCUT2D eigenvalue weighted by molar-refractivity contribution is 5.99. The molecule has 146 valence electrons. The quantitative estimate of drug-likeness (QED) is 0.831. The summed E-state index contributed by atoms with van der Waals surface area (Å²) in [6.07, 6.45) is 1.55. The maximum Gasteiger partial charge on any atom is 0.276 e. The van der Waals surface area contributed by atoms with E-state index in [0.29, 0.717) is 19.6 Å². The van der Waals surface area contributed by atoms with Crippen LogP contribution in [0.5, 0.6) is 5.75 Å². The molecule has 2 aliphatic heterocycles. The van der Waals surface area contributed by atoms with Gasteiger partial charge in [0.15, 0.2) is 17.7 Å². The van der Waals surface area contributed by atoms with Gasteiger partial charge in [0.1, 0.15) is 5.56 Å². The Morgan fingerprint density at radius 2 is 2.04 bits per heavy atom. The van der Waals surface area contributed by atoms with Gasteiger partial charge in [0.05, 0.1) is 12.6 Å². The van der Waals surface area contributed by atoms with Crippen LogP contribution < -0.4 is 10.7 Å². The number of aromatic nitrogens is 1. The van der Waals surface area contributed by atoms with Gasteiger partial charge in [-0.3, -0.25) is 14.4 Å². The van der Waals surface area contributed by atoms with E-state index in [1.165, 1.54) is 15.7 Å². The van der Waals surface area contributed by atoms with Crippen LogP contribution in [0.1, 0.15) is 45.8 Å². The number of ether oxygens (including phenoxy) is 1. The third kappa shape index (κ3) is 2.95. The summed E-state index contributed by atoms with van der Waals surface area (Å²) in [5.74, 6) is -1.77. The summed E-state index contributed by atoms with van der Waals surface area (Å²) < 4.78 is 7.20. The predicted octanol–water partition coefficient (Wildman–Crippen LogP) is 1.25. The molecule has 2 atom stereocenters. The molecule has 2 unspecified atom stereocenters. The van der Waals surface area contributed by atoms with Gasteiger partial charge in [-0.25, -0.2) is 0 Å². The molecule has 2 N–H and O–H groups in total. The molecule has 8 heteroatoms. The maximum atomic E-state index is 12.8. The van der Waals surface area contributed by atoms with Crippen molar-refractivity contribution in [3.8, 4) is 5.75 Å². The van der Waals surface area contributed by atoms with Gasteiger partial charge in [0.2, 0.25) is 5.43 Å². The largest absolute Gasteiger partial charge is 0.503 e. The van der Waals surface area contributed by atoms with Crippen LogP contribution in [0.25, 0.3) is 0 Å². The van der Waals surface area contributed by atoms with Crippen LogP contribution in [0.3, 0.4) is 0 Å². The SMILES string of the molecule is CC1C2OCCCN2C(=O)c2c(O)c(=O)c(C(=O)NCc3ccccc3)cn21. The number of hydrogen-bond donors (Lipinski definition) is 2. The van der Waals surface area contributed by atoms with Crippen LogP contribution in [0, 0.1) is 0 Å². The van der Waals surface area contributed by atoms with Crippen molar-refractivity contribution in [1.82, 2.24) is 14.8 Å². The second kappa shape index (κ2) is 7.12. The lowest BCUT2D eigenvalue weighted by molar-refractivity contribution is -0.108. The van der Waals surface area contributed by atoms with Crippen molar-refractivity contribution in [2.45, 2.75) is 32.2 Å². The van der Waals surface area contributed by atoms with Gasteiger partial charge in [0.25, 0.3) is 11.8 Å². The van der Waals surface area contributed by atoms with Crippen molar-refractivity contribution >= 4 is 11.8 Å². The molecule has 1 aromatic carbocycles. The minimum Gasteiger partial charge on any atom is -0.503 e. The summed E-state index contributed by atoms with van der Waals surface area (Å²) in [7, 11) is 0. The number of nitrogens with one attached hydrogen (secondary N) is 1.